The van der Waals surface area contributed by atoms with E-state index in [1.807, 2.05) is 6.92 Å². The molecule has 7 heteroatoms. The van der Waals surface area contributed by atoms with Gasteiger partial charge in [-0.2, -0.15) is 0 Å². The van der Waals surface area contributed by atoms with Crippen molar-refractivity contribution in [2.45, 2.75) is 6.92 Å². The lowest BCUT2D eigenvalue weighted by atomic mass is 10.3. The molecule has 0 aromatic heterocycles. The maximum absolute atomic E-state index is 13.2. The lowest BCUT2D eigenvalue weighted by Crippen LogP contribution is -2.26. The number of nitrogens with one attached hydrogen (secondary N) is 2. The standard InChI is InChI=1S/C10H14FIN2O2S/c1-2-13-6-7-17(15,16)14-9-5-3-4-8(11)10(9)12/h3-5,13-14H,2,6-7H2,1H3. The Balaban J connectivity index is 2.73. The molecule has 0 spiro atoms. The Kier molecular flexibility index (Phi) is 5.60. The lowest BCUT2D eigenvalue weighted by Gasteiger charge is -2.10. The van der Waals surface area contributed by atoms with Crippen LogP contribution < -0.4 is 10.0 Å². The molecule has 0 amide bonds. The minimum absolute atomic E-state index is 0.0343. The van der Waals surface area contributed by atoms with Gasteiger partial charge in [-0.3, -0.25) is 4.72 Å². The summed E-state index contributed by atoms with van der Waals surface area (Å²) in [5.74, 6) is -0.467. The summed E-state index contributed by atoms with van der Waals surface area (Å²) in [6, 6.07) is 4.30. The molecule has 0 atom stereocenters. The predicted molar refractivity (Wildman–Crippen MR) is 75.1 cm³/mol. The molecule has 0 heterocycles. The largest absolute Gasteiger partial charge is 0.316 e. The highest BCUT2D eigenvalue weighted by atomic mass is 127. The number of rotatable bonds is 6. The summed E-state index contributed by atoms with van der Waals surface area (Å²) in [5.41, 5.74) is 0.280. The van der Waals surface area contributed by atoms with Crippen LogP contribution in [0.15, 0.2) is 18.2 Å². The second kappa shape index (κ2) is 6.50. The Labute approximate surface area is 114 Å². The van der Waals surface area contributed by atoms with Crippen LogP contribution in [0.1, 0.15) is 6.92 Å². The molecule has 96 valence electrons. The number of hydrogen-bond acceptors (Lipinski definition) is 3. The fourth-order valence-electron chi connectivity index (χ4n) is 1.18. The topological polar surface area (TPSA) is 58.2 Å². The minimum atomic E-state index is -3.43. The van der Waals surface area contributed by atoms with Crippen LogP contribution in [0.3, 0.4) is 0 Å². The fraction of sp³-hybridized carbons (Fsp3) is 0.400. The molecule has 0 bridgehead atoms. The average molecular weight is 372 g/mol. The van der Waals surface area contributed by atoms with Gasteiger partial charge >= 0.3 is 0 Å². The summed E-state index contributed by atoms with van der Waals surface area (Å²) in [7, 11) is -3.43. The molecule has 4 nitrogen and oxygen atoms in total. The first kappa shape index (κ1) is 14.7. The zero-order valence-corrected chi connectivity index (χ0v) is 12.3. The van der Waals surface area contributed by atoms with Gasteiger partial charge in [0.05, 0.1) is 15.0 Å². The van der Waals surface area contributed by atoms with Gasteiger partial charge in [0.2, 0.25) is 10.0 Å². The molecule has 1 rings (SSSR count). The van der Waals surface area contributed by atoms with E-state index in [1.165, 1.54) is 18.2 Å². The molecule has 1 aromatic rings. The minimum Gasteiger partial charge on any atom is -0.316 e. The van der Waals surface area contributed by atoms with Crippen molar-refractivity contribution < 1.29 is 12.8 Å². The average Bonchev–Trinajstić information content (AvgIpc) is 2.25. The van der Waals surface area contributed by atoms with Gasteiger partial charge in [-0.15, -0.1) is 0 Å². The molecule has 0 radical (unpaired) electrons. The van der Waals surface area contributed by atoms with Gasteiger partial charge in [-0.05, 0) is 41.3 Å². The molecular formula is C10H14FIN2O2S. The van der Waals surface area contributed by atoms with Crippen molar-refractivity contribution in [3.8, 4) is 0 Å². The number of halogens is 2. The van der Waals surface area contributed by atoms with Gasteiger partial charge in [0, 0.05) is 6.54 Å². The van der Waals surface area contributed by atoms with Crippen molar-refractivity contribution in [1.82, 2.24) is 5.32 Å². The molecule has 0 aliphatic heterocycles. The first-order valence-electron chi connectivity index (χ1n) is 5.11. The van der Waals surface area contributed by atoms with Gasteiger partial charge < -0.3 is 5.32 Å². The quantitative estimate of drug-likeness (QED) is 0.591. The van der Waals surface area contributed by atoms with Crippen molar-refractivity contribution in [2.24, 2.45) is 0 Å². The van der Waals surface area contributed by atoms with Gasteiger partial charge in [0.1, 0.15) is 5.82 Å². The summed E-state index contributed by atoms with van der Waals surface area (Å²) in [6.45, 7) is 2.99. The molecule has 2 N–H and O–H groups in total. The van der Waals surface area contributed by atoms with E-state index in [0.29, 0.717) is 13.1 Å². The molecule has 0 fully saturated rings. The molecular weight excluding hydrogens is 358 g/mol. The SMILES string of the molecule is CCNCCS(=O)(=O)Nc1cccc(F)c1I. The van der Waals surface area contributed by atoms with Crippen LogP contribution >= 0.6 is 22.6 Å². The first-order chi connectivity index (χ1) is 7.96. The summed E-state index contributed by atoms with van der Waals surface area (Å²) in [6.07, 6.45) is 0. The number of anilines is 1. The summed E-state index contributed by atoms with van der Waals surface area (Å²) in [5, 5.41) is 2.92. The Morgan fingerprint density at radius 1 is 1.41 bits per heavy atom. The number of hydrogen-bond donors (Lipinski definition) is 2. The lowest BCUT2D eigenvalue weighted by molar-refractivity contribution is 0.597. The van der Waals surface area contributed by atoms with Gasteiger partial charge in [-0.25, -0.2) is 12.8 Å². The predicted octanol–water partition coefficient (Wildman–Crippen LogP) is 1.78. The first-order valence-corrected chi connectivity index (χ1v) is 7.84. The number of sulfonamides is 1. The highest BCUT2D eigenvalue weighted by Gasteiger charge is 2.13. The normalized spacial score (nSPS) is 11.5. The Bertz CT molecular complexity index is 479. The highest BCUT2D eigenvalue weighted by molar-refractivity contribution is 14.1. The molecule has 0 unspecified atom stereocenters. The second-order valence-corrected chi connectivity index (χ2v) is 6.30. The molecule has 0 saturated carbocycles. The maximum atomic E-state index is 13.2. The van der Waals surface area contributed by atoms with Crippen LogP contribution in [0.5, 0.6) is 0 Å². The van der Waals surface area contributed by atoms with E-state index in [1.54, 1.807) is 22.6 Å². The third-order valence-electron chi connectivity index (χ3n) is 2.01. The van der Waals surface area contributed by atoms with Crippen LogP contribution in [0.2, 0.25) is 0 Å². The van der Waals surface area contributed by atoms with Crippen molar-refractivity contribution in [3.05, 3.63) is 27.6 Å². The van der Waals surface area contributed by atoms with E-state index in [0.717, 1.165) is 0 Å². The van der Waals surface area contributed by atoms with Crippen molar-refractivity contribution >= 4 is 38.3 Å². The third-order valence-corrected chi connectivity index (χ3v) is 4.38. The Morgan fingerprint density at radius 3 is 2.76 bits per heavy atom. The van der Waals surface area contributed by atoms with Crippen LogP contribution in [0.25, 0.3) is 0 Å². The van der Waals surface area contributed by atoms with Gasteiger partial charge in [0.25, 0.3) is 0 Å². The highest BCUT2D eigenvalue weighted by Crippen LogP contribution is 2.21. The van der Waals surface area contributed by atoms with Crippen LogP contribution in [0.4, 0.5) is 10.1 Å². The molecule has 0 aliphatic rings. The Morgan fingerprint density at radius 2 is 2.12 bits per heavy atom. The van der Waals surface area contributed by atoms with E-state index in [2.05, 4.69) is 10.0 Å². The second-order valence-electron chi connectivity index (χ2n) is 3.38. The monoisotopic (exact) mass is 372 g/mol. The Hall–Kier alpha value is -0.410. The van der Waals surface area contributed by atoms with E-state index in [-0.39, 0.29) is 15.0 Å². The fourth-order valence-corrected chi connectivity index (χ4v) is 2.88. The van der Waals surface area contributed by atoms with Crippen LogP contribution in [0, 0.1) is 9.39 Å². The maximum Gasteiger partial charge on any atom is 0.234 e. The van der Waals surface area contributed by atoms with Gasteiger partial charge in [0.15, 0.2) is 0 Å². The molecule has 0 saturated heterocycles. The van der Waals surface area contributed by atoms with Gasteiger partial charge in [-0.1, -0.05) is 13.0 Å². The summed E-state index contributed by atoms with van der Waals surface area (Å²) >= 11 is 1.77. The van der Waals surface area contributed by atoms with Crippen LogP contribution in [-0.4, -0.2) is 27.3 Å². The van der Waals surface area contributed by atoms with E-state index in [9.17, 15) is 12.8 Å². The zero-order valence-electron chi connectivity index (χ0n) is 9.33. The molecule has 0 aliphatic carbocycles. The zero-order chi connectivity index (χ0) is 12.9. The molecule has 1 aromatic carbocycles. The summed E-state index contributed by atoms with van der Waals surface area (Å²) < 4.78 is 39.2. The smallest absolute Gasteiger partial charge is 0.234 e. The van der Waals surface area contributed by atoms with E-state index >= 15 is 0 Å². The van der Waals surface area contributed by atoms with Crippen molar-refractivity contribution in [1.29, 1.82) is 0 Å². The number of benzene rings is 1. The molecule has 17 heavy (non-hydrogen) atoms. The third kappa shape index (κ3) is 4.76. The van der Waals surface area contributed by atoms with E-state index < -0.39 is 15.8 Å². The van der Waals surface area contributed by atoms with E-state index in [4.69, 9.17) is 0 Å². The van der Waals surface area contributed by atoms with Crippen molar-refractivity contribution in [2.75, 3.05) is 23.6 Å². The summed E-state index contributed by atoms with van der Waals surface area (Å²) in [4.78, 5) is 0. The van der Waals surface area contributed by atoms with Crippen molar-refractivity contribution in [3.63, 3.8) is 0 Å². The van der Waals surface area contributed by atoms with Crippen LogP contribution in [-0.2, 0) is 10.0 Å².